The molecule has 0 aromatic heterocycles. The van der Waals surface area contributed by atoms with Gasteiger partial charge in [0.05, 0.1) is 10.7 Å². The monoisotopic (exact) mass is 516 g/mol. The third kappa shape index (κ3) is 5.15. The molecule has 0 saturated carbocycles. The van der Waals surface area contributed by atoms with Crippen LogP contribution in [0.1, 0.15) is 33.6 Å². The van der Waals surface area contributed by atoms with Crippen molar-refractivity contribution in [2.75, 3.05) is 18.8 Å². The van der Waals surface area contributed by atoms with Crippen molar-refractivity contribution in [3.63, 3.8) is 0 Å². The van der Waals surface area contributed by atoms with E-state index in [1.807, 2.05) is 24.3 Å². The van der Waals surface area contributed by atoms with Gasteiger partial charge in [-0.05, 0) is 45.7 Å². The van der Waals surface area contributed by atoms with Crippen LogP contribution >= 0.6 is 0 Å². The number of aromatic amines is 1. The molecule has 10 nitrogen and oxygen atoms in total. The Bertz CT molecular complexity index is 1600. The zero-order chi connectivity index (χ0) is 27.0. The summed E-state index contributed by atoms with van der Waals surface area (Å²) in [5.74, 6) is -0.268. The van der Waals surface area contributed by atoms with Gasteiger partial charge in [-0.2, -0.15) is 4.98 Å². The van der Waals surface area contributed by atoms with Crippen molar-refractivity contribution in [3.8, 4) is 11.5 Å². The van der Waals surface area contributed by atoms with Crippen LogP contribution in [0.3, 0.4) is 0 Å². The lowest BCUT2D eigenvalue weighted by molar-refractivity contribution is -0.332. The highest BCUT2D eigenvalue weighted by atomic mass is 16.6. The van der Waals surface area contributed by atoms with Gasteiger partial charge >= 0.3 is 6.09 Å². The first-order valence-electron chi connectivity index (χ1n) is 12.5. The lowest BCUT2D eigenvalue weighted by Gasteiger charge is -2.23. The first kappa shape index (κ1) is 25.2. The van der Waals surface area contributed by atoms with Crippen molar-refractivity contribution < 1.29 is 28.5 Å². The van der Waals surface area contributed by atoms with Gasteiger partial charge in [0.15, 0.2) is 0 Å². The largest absolute Gasteiger partial charge is 0.444 e. The SMILES string of the molecule is CC(C)(C)OC(=O)NCC(=O)N1CCC[C@H]1C(=O)N=c1ccc2[nH+]c3c(cc(N)c4ccccc43)oc-2c1. The number of anilines is 1. The number of carbonyl (C=O) groups excluding carboxylic acids is 3. The number of aromatic nitrogens is 1. The summed E-state index contributed by atoms with van der Waals surface area (Å²) in [5, 5.41) is 4.75. The number of amides is 3. The molecule has 0 unspecified atom stereocenters. The lowest BCUT2D eigenvalue weighted by atomic mass is 10.1. The number of nitrogens with two attached hydrogens (primary N) is 1. The zero-order valence-electron chi connectivity index (χ0n) is 21.5. The average Bonchev–Trinajstić information content (AvgIpc) is 3.36. The summed E-state index contributed by atoms with van der Waals surface area (Å²) in [5.41, 5.74) is 8.32. The second-order valence-electron chi connectivity index (χ2n) is 10.3. The molecule has 2 aromatic rings. The minimum atomic E-state index is -0.690. The van der Waals surface area contributed by atoms with Gasteiger partial charge in [-0.25, -0.2) is 9.79 Å². The van der Waals surface area contributed by atoms with Gasteiger partial charge in [0, 0.05) is 35.8 Å². The molecule has 10 heteroatoms. The Morgan fingerprint density at radius 1 is 1.16 bits per heavy atom. The molecule has 2 heterocycles. The predicted molar refractivity (Wildman–Crippen MR) is 141 cm³/mol. The number of alkyl carbamates (subject to hydrolysis) is 1. The maximum atomic E-state index is 13.1. The number of nitrogens with zero attached hydrogens (tertiary/aromatic N) is 2. The summed E-state index contributed by atoms with van der Waals surface area (Å²) >= 11 is 0. The molecule has 0 radical (unpaired) electrons. The van der Waals surface area contributed by atoms with Crippen molar-refractivity contribution in [3.05, 3.63) is 53.9 Å². The smallest absolute Gasteiger partial charge is 0.408 e. The topological polar surface area (TPSA) is 141 Å². The predicted octanol–water partition coefficient (Wildman–Crippen LogP) is 3.03. The molecular formula is C28H30N5O5+. The first-order chi connectivity index (χ1) is 18.1. The van der Waals surface area contributed by atoms with Crippen LogP contribution in [-0.4, -0.2) is 47.5 Å². The first-order valence-corrected chi connectivity index (χ1v) is 12.5. The summed E-state index contributed by atoms with van der Waals surface area (Å²) in [6, 6.07) is 14.1. The minimum absolute atomic E-state index is 0.256. The van der Waals surface area contributed by atoms with Crippen LogP contribution in [0.2, 0.25) is 0 Å². The number of hydrogen-bond acceptors (Lipinski definition) is 6. The van der Waals surface area contributed by atoms with Crippen molar-refractivity contribution >= 4 is 45.5 Å². The number of benzene rings is 3. The van der Waals surface area contributed by atoms with E-state index < -0.39 is 23.6 Å². The number of nitrogens with one attached hydrogen (secondary N) is 2. The zero-order valence-corrected chi connectivity index (χ0v) is 21.5. The third-order valence-corrected chi connectivity index (χ3v) is 6.37. The van der Waals surface area contributed by atoms with Gasteiger partial charge in [0.25, 0.3) is 11.4 Å². The molecule has 4 N–H and O–H groups in total. The molecule has 3 aliphatic rings. The van der Waals surface area contributed by atoms with Crippen LogP contribution in [0.5, 0.6) is 0 Å². The maximum absolute atomic E-state index is 13.1. The number of rotatable bonds is 3. The van der Waals surface area contributed by atoms with Gasteiger partial charge in [-0.3, -0.25) is 9.59 Å². The summed E-state index contributed by atoms with van der Waals surface area (Å²) in [6.45, 7) is 5.38. The molecule has 0 bridgehead atoms. The summed E-state index contributed by atoms with van der Waals surface area (Å²) < 4.78 is 11.3. The second kappa shape index (κ2) is 9.77. The van der Waals surface area contributed by atoms with E-state index >= 15 is 0 Å². The fraction of sp³-hybridized carbons (Fsp3) is 0.321. The number of nitrogen functional groups attached to an aromatic ring is 1. The third-order valence-electron chi connectivity index (χ3n) is 6.37. The number of H-pyrrole nitrogens is 1. The van der Waals surface area contributed by atoms with Crippen molar-refractivity contribution in [1.82, 2.24) is 10.2 Å². The van der Waals surface area contributed by atoms with Crippen LogP contribution in [0.4, 0.5) is 10.5 Å². The highest BCUT2D eigenvalue weighted by Crippen LogP contribution is 2.30. The van der Waals surface area contributed by atoms with Gasteiger partial charge in [0.2, 0.25) is 22.9 Å². The van der Waals surface area contributed by atoms with E-state index in [9.17, 15) is 14.4 Å². The van der Waals surface area contributed by atoms with Crippen molar-refractivity contribution in [2.24, 2.45) is 4.99 Å². The van der Waals surface area contributed by atoms with E-state index in [-0.39, 0.29) is 12.5 Å². The van der Waals surface area contributed by atoms with Crippen molar-refractivity contribution in [2.45, 2.75) is 45.3 Å². The summed E-state index contributed by atoms with van der Waals surface area (Å²) in [4.78, 5) is 46.8. The van der Waals surface area contributed by atoms with Crippen LogP contribution in [0, 0.1) is 0 Å². The molecule has 2 aromatic carbocycles. The highest BCUT2D eigenvalue weighted by Gasteiger charge is 2.34. The minimum Gasteiger partial charge on any atom is -0.444 e. The van der Waals surface area contributed by atoms with E-state index in [2.05, 4.69) is 15.3 Å². The lowest BCUT2D eigenvalue weighted by Crippen LogP contribution is -2.46. The Morgan fingerprint density at radius 2 is 1.92 bits per heavy atom. The normalized spacial score (nSPS) is 16.3. The van der Waals surface area contributed by atoms with Crippen LogP contribution in [0.15, 0.2) is 57.9 Å². The van der Waals surface area contributed by atoms with E-state index in [4.69, 9.17) is 14.9 Å². The number of ether oxygens (including phenoxy) is 1. The van der Waals surface area contributed by atoms with Crippen LogP contribution < -0.4 is 21.4 Å². The van der Waals surface area contributed by atoms with Gasteiger partial charge in [0.1, 0.15) is 18.2 Å². The summed E-state index contributed by atoms with van der Waals surface area (Å²) in [6.07, 6.45) is 0.494. The molecule has 38 heavy (non-hydrogen) atoms. The summed E-state index contributed by atoms with van der Waals surface area (Å²) in [7, 11) is 0. The van der Waals surface area contributed by atoms with E-state index in [1.165, 1.54) is 4.90 Å². The molecule has 1 saturated heterocycles. The van der Waals surface area contributed by atoms with Crippen LogP contribution in [-0.2, 0) is 14.3 Å². The van der Waals surface area contributed by atoms with E-state index in [0.29, 0.717) is 41.8 Å². The van der Waals surface area contributed by atoms with Gasteiger partial charge in [-0.1, -0.05) is 18.2 Å². The molecule has 1 fully saturated rings. The Labute approximate surface area is 218 Å². The Kier molecular flexibility index (Phi) is 6.48. The number of carbonyl (C=O) groups is 3. The molecule has 2 aliphatic heterocycles. The van der Waals surface area contributed by atoms with Gasteiger partial charge in [-0.15, -0.1) is 0 Å². The molecule has 196 valence electrons. The fourth-order valence-corrected chi connectivity index (χ4v) is 4.69. The number of likely N-dealkylation sites (tertiary alicyclic amines) is 1. The Morgan fingerprint density at radius 3 is 2.68 bits per heavy atom. The standard InChI is InChI=1S/C28H29N5O5/c1-28(2,3)38-27(36)30-15-24(34)33-12-6-9-21(33)26(35)31-16-10-11-20-22(13-16)37-23-14-19(29)17-7-4-5-8-18(17)25(23)32-20/h4-5,7-8,10-11,13-14,21H,6,9,12,15,29H2,1-3H3,(H,30,36)/p+1/t21-/m0/s1. The Hall–Kier alpha value is -4.47. The van der Waals surface area contributed by atoms with E-state index in [0.717, 1.165) is 22.0 Å². The molecular weight excluding hydrogens is 486 g/mol. The number of hydrogen-bond donors (Lipinski definition) is 2. The second-order valence-corrected chi connectivity index (χ2v) is 10.3. The van der Waals surface area contributed by atoms with E-state index in [1.54, 1.807) is 45.0 Å². The molecule has 1 aliphatic carbocycles. The quantitative estimate of drug-likeness (QED) is 0.244. The maximum Gasteiger partial charge on any atom is 0.408 e. The Balaban J connectivity index is 1.37. The fourth-order valence-electron chi connectivity index (χ4n) is 4.69. The number of fused-ring (bicyclic) bond motifs is 4. The molecule has 0 spiro atoms. The molecule has 3 amide bonds. The molecule has 1 atom stereocenters. The van der Waals surface area contributed by atoms with Crippen molar-refractivity contribution in [1.29, 1.82) is 0 Å². The molecule has 5 rings (SSSR count). The van der Waals surface area contributed by atoms with Gasteiger partial charge < -0.3 is 25.1 Å². The van der Waals surface area contributed by atoms with Crippen LogP contribution in [0.25, 0.3) is 33.3 Å². The average molecular weight is 517 g/mol. The highest BCUT2D eigenvalue weighted by molar-refractivity contribution is 6.07.